The molecule has 0 radical (unpaired) electrons. The van der Waals surface area contributed by atoms with Crippen LogP contribution in [-0.4, -0.2) is 17.4 Å². The van der Waals surface area contributed by atoms with E-state index in [0.717, 1.165) is 12.0 Å². The molecular formula is C19H19ClN2O4. The summed E-state index contributed by atoms with van der Waals surface area (Å²) in [5, 5.41) is 14.5. The number of nitro benzene ring substituents is 1. The number of carbonyl (C=O) groups is 1. The average molecular weight is 375 g/mol. The largest absolute Gasteiger partial charge is 0.487 e. The summed E-state index contributed by atoms with van der Waals surface area (Å²) in [6.45, 7) is 4.16. The molecule has 0 heterocycles. The van der Waals surface area contributed by atoms with Gasteiger partial charge in [0.25, 0.3) is 0 Å². The molecule has 0 aromatic heterocycles. The van der Waals surface area contributed by atoms with Crippen LogP contribution in [0.5, 0.6) is 5.75 Å². The number of anilines is 1. The second-order valence-corrected chi connectivity index (χ2v) is 6.05. The summed E-state index contributed by atoms with van der Waals surface area (Å²) < 4.78 is 5.37. The van der Waals surface area contributed by atoms with Crippen LogP contribution in [0.3, 0.4) is 0 Å². The highest BCUT2D eigenvalue weighted by Crippen LogP contribution is 2.28. The van der Waals surface area contributed by atoms with Crippen molar-refractivity contribution < 1.29 is 14.5 Å². The maximum atomic E-state index is 12.1. The van der Waals surface area contributed by atoms with Crippen LogP contribution in [0.15, 0.2) is 42.5 Å². The average Bonchev–Trinajstić information content (AvgIpc) is 2.60. The van der Waals surface area contributed by atoms with Crippen molar-refractivity contribution in [2.75, 3.05) is 11.9 Å². The number of ether oxygens (including phenoxy) is 1. The highest BCUT2D eigenvalue weighted by molar-refractivity contribution is 6.30. The Labute approximate surface area is 156 Å². The van der Waals surface area contributed by atoms with Gasteiger partial charge in [-0.25, -0.2) is 0 Å². The molecule has 0 atom stereocenters. The van der Waals surface area contributed by atoms with Gasteiger partial charge in [-0.15, -0.1) is 0 Å². The molecule has 0 aliphatic heterocycles. The maximum Gasteiger partial charge on any atom is 0.311 e. The number of aryl methyl sites for hydroxylation is 1. The van der Waals surface area contributed by atoms with Crippen molar-refractivity contribution in [1.82, 2.24) is 0 Å². The standard InChI is InChI=1S/C19H19ClN2O4/c1-3-10-26-18-8-4-14(12-17(18)22(24)25)5-9-19(23)21-16-7-6-15(20)11-13(16)2/h4-9,11-12H,3,10H2,1-2H3,(H,21,23)/b9-5+. The highest BCUT2D eigenvalue weighted by Gasteiger charge is 2.15. The molecule has 6 nitrogen and oxygen atoms in total. The van der Waals surface area contributed by atoms with E-state index in [1.807, 2.05) is 13.8 Å². The number of nitrogens with one attached hydrogen (secondary N) is 1. The van der Waals surface area contributed by atoms with Crippen molar-refractivity contribution in [2.45, 2.75) is 20.3 Å². The Morgan fingerprint density at radius 1 is 1.31 bits per heavy atom. The first-order valence-electron chi connectivity index (χ1n) is 8.07. The molecule has 0 unspecified atom stereocenters. The minimum Gasteiger partial charge on any atom is -0.487 e. The number of nitrogens with zero attached hydrogens (tertiary/aromatic N) is 1. The number of hydrogen-bond acceptors (Lipinski definition) is 4. The molecular weight excluding hydrogens is 356 g/mol. The van der Waals surface area contributed by atoms with E-state index in [-0.39, 0.29) is 17.3 Å². The van der Waals surface area contributed by atoms with E-state index in [4.69, 9.17) is 16.3 Å². The van der Waals surface area contributed by atoms with Gasteiger partial charge in [-0.3, -0.25) is 14.9 Å². The number of rotatable bonds is 7. The number of amides is 1. The van der Waals surface area contributed by atoms with Crippen LogP contribution >= 0.6 is 11.6 Å². The fraction of sp³-hybridized carbons (Fsp3) is 0.211. The van der Waals surface area contributed by atoms with Crippen LogP contribution in [0, 0.1) is 17.0 Å². The zero-order chi connectivity index (χ0) is 19.1. The minimum atomic E-state index is -0.501. The van der Waals surface area contributed by atoms with Crippen LogP contribution in [0.1, 0.15) is 24.5 Å². The molecule has 136 valence electrons. The summed E-state index contributed by atoms with van der Waals surface area (Å²) >= 11 is 5.89. The molecule has 0 spiro atoms. The molecule has 0 aliphatic rings. The third-order valence-electron chi connectivity index (χ3n) is 3.51. The SMILES string of the molecule is CCCOc1ccc(/C=C/C(=O)Nc2ccc(Cl)cc2C)cc1[N+](=O)[O-]. The zero-order valence-electron chi connectivity index (χ0n) is 14.5. The van der Waals surface area contributed by atoms with Crippen LogP contribution in [0.2, 0.25) is 5.02 Å². The summed E-state index contributed by atoms with van der Waals surface area (Å²) in [6, 6.07) is 9.73. The van der Waals surface area contributed by atoms with Crippen molar-refractivity contribution in [1.29, 1.82) is 0 Å². The molecule has 0 saturated carbocycles. The van der Waals surface area contributed by atoms with E-state index < -0.39 is 4.92 Å². The number of halogens is 1. The third kappa shape index (κ3) is 5.32. The van der Waals surface area contributed by atoms with Crippen molar-refractivity contribution in [3.63, 3.8) is 0 Å². The predicted molar refractivity (Wildman–Crippen MR) is 103 cm³/mol. The van der Waals surface area contributed by atoms with Crippen LogP contribution in [-0.2, 0) is 4.79 Å². The van der Waals surface area contributed by atoms with Gasteiger partial charge in [-0.05, 0) is 54.8 Å². The van der Waals surface area contributed by atoms with Gasteiger partial charge in [-0.1, -0.05) is 24.6 Å². The molecule has 0 fully saturated rings. The smallest absolute Gasteiger partial charge is 0.311 e. The Morgan fingerprint density at radius 2 is 2.08 bits per heavy atom. The number of benzene rings is 2. The quantitative estimate of drug-likeness (QED) is 0.420. The summed E-state index contributed by atoms with van der Waals surface area (Å²) in [5.74, 6) is -0.125. The van der Waals surface area contributed by atoms with Gasteiger partial charge in [0.2, 0.25) is 5.91 Å². The minimum absolute atomic E-state index is 0.130. The molecule has 2 aromatic carbocycles. The first kappa shape index (κ1) is 19.5. The Bertz CT molecular complexity index is 849. The van der Waals surface area contributed by atoms with Crippen molar-refractivity contribution >= 4 is 35.0 Å². The molecule has 1 amide bonds. The predicted octanol–water partition coefficient (Wildman–Crippen LogP) is 5.00. The summed E-state index contributed by atoms with van der Waals surface area (Å²) in [6.07, 6.45) is 3.58. The van der Waals surface area contributed by atoms with Crippen molar-refractivity contribution in [3.8, 4) is 5.75 Å². The molecule has 2 rings (SSSR count). The van der Waals surface area contributed by atoms with E-state index in [0.29, 0.717) is 22.9 Å². The highest BCUT2D eigenvalue weighted by atomic mass is 35.5. The van der Waals surface area contributed by atoms with Gasteiger partial charge < -0.3 is 10.1 Å². The fourth-order valence-electron chi connectivity index (χ4n) is 2.23. The lowest BCUT2D eigenvalue weighted by molar-refractivity contribution is -0.385. The second kappa shape index (κ2) is 9.01. The number of hydrogen-bond donors (Lipinski definition) is 1. The van der Waals surface area contributed by atoms with Gasteiger partial charge in [0.15, 0.2) is 5.75 Å². The number of carbonyl (C=O) groups excluding carboxylic acids is 1. The Morgan fingerprint density at radius 3 is 2.73 bits per heavy atom. The Hall–Kier alpha value is -2.86. The van der Waals surface area contributed by atoms with E-state index >= 15 is 0 Å². The van der Waals surface area contributed by atoms with E-state index in [2.05, 4.69) is 5.32 Å². The molecule has 0 aliphatic carbocycles. The van der Waals surface area contributed by atoms with E-state index in [1.165, 1.54) is 24.3 Å². The maximum absolute atomic E-state index is 12.1. The van der Waals surface area contributed by atoms with Gasteiger partial charge in [0.1, 0.15) is 0 Å². The normalized spacial score (nSPS) is 10.7. The zero-order valence-corrected chi connectivity index (χ0v) is 15.2. The van der Waals surface area contributed by atoms with Crippen LogP contribution in [0.4, 0.5) is 11.4 Å². The Balaban J connectivity index is 2.12. The molecule has 0 bridgehead atoms. The second-order valence-electron chi connectivity index (χ2n) is 5.61. The Kier molecular flexibility index (Phi) is 6.74. The van der Waals surface area contributed by atoms with Crippen molar-refractivity contribution in [3.05, 3.63) is 68.7 Å². The molecule has 0 saturated heterocycles. The van der Waals surface area contributed by atoms with Crippen LogP contribution < -0.4 is 10.1 Å². The molecule has 7 heteroatoms. The molecule has 26 heavy (non-hydrogen) atoms. The van der Waals surface area contributed by atoms with E-state index in [9.17, 15) is 14.9 Å². The lowest BCUT2D eigenvalue weighted by atomic mass is 10.1. The lowest BCUT2D eigenvalue weighted by Gasteiger charge is -2.07. The number of nitro groups is 1. The summed E-state index contributed by atoms with van der Waals surface area (Å²) in [7, 11) is 0. The van der Waals surface area contributed by atoms with Gasteiger partial charge in [0.05, 0.1) is 11.5 Å². The lowest BCUT2D eigenvalue weighted by Crippen LogP contribution is -2.08. The third-order valence-corrected chi connectivity index (χ3v) is 3.75. The molecule has 2 aromatic rings. The first-order valence-corrected chi connectivity index (χ1v) is 8.45. The summed E-state index contributed by atoms with van der Waals surface area (Å²) in [5.41, 5.74) is 1.89. The monoisotopic (exact) mass is 374 g/mol. The topological polar surface area (TPSA) is 81.5 Å². The first-order chi connectivity index (χ1) is 12.4. The van der Waals surface area contributed by atoms with Crippen LogP contribution in [0.25, 0.3) is 6.08 Å². The van der Waals surface area contributed by atoms with Gasteiger partial charge in [0, 0.05) is 22.9 Å². The fourth-order valence-corrected chi connectivity index (χ4v) is 2.46. The van der Waals surface area contributed by atoms with Gasteiger partial charge in [-0.2, -0.15) is 0 Å². The van der Waals surface area contributed by atoms with Crippen molar-refractivity contribution in [2.24, 2.45) is 0 Å². The van der Waals surface area contributed by atoms with E-state index in [1.54, 1.807) is 24.3 Å². The summed E-state index contributed by atoms with van der Waals surface area (Å²) in [4.78, 5) is 22.8. The molecule has 1 N–H and O–H groups in total. The van der Waals surface area contributed by atoms with Gasteiger partial charge >= 0.3 is 5.69 Å².